The highest BCUT2D eigenvalue weighted by Gasteiger charge is 2.33. The molecule has 122 valence electrons. The Morgan fingerprint density at radius 1 is 1.32 bits per heavy atom. The second kappa shape index (κ2) is 7.46. The number of rotatable bonds is 5. The molecule has 2 N–H and O–H groups in total. The SMILES string of the molecule is CNCC(=O)N(C)CC(=O)Nc1ccc(Cl)c(C(F)(F)F)c1. The summed E-state index contributed by atoms with van der Waals surface area (Å²) in [5, 5.41) is 4.48. The molecule has 0 unspecified atom stereocenters. The number of carbonyl (C=O) groups is 2. The van der Waals surface area contributed by atoms with Crippen molar-refractivity contribution >= 4 is 29.1 Å². The molecular weight excluding hydrogens is 323 g/mol. The molecule has 2 amide bonds. The highest BCUT2D eigenvalue weighted by atomic mass is 35.5. The summed E-state index contributed by atoms with van der Waals surface area (Å²) in [7, 11) is 3.00. The molecular formula is C13H15ClF3N3O2. The molecule has 0 aliphatic carbocycles. The average Bonchev–Trinajstić information content (AvgIpc) is 2.39. The molecule has 0 heterocycles. The molecule has 1 aromatic rings. The number of hydrogen-bond acceptors (Lipinski definition) is 3. The van der Waals surface area contributed by atoms with E-state index in [0.29, 0.717) is 0 Å². The molecule has 0 aromatic heterocycles. The lowest BCUT2D eigenvalue weighted by atomic mass is 10.2. The van der Waals surface area contributed by atoms with E-state index in [1.165, 1.54) is 13.1 Å². The van der Waals surface area contributed by atoms with E-state index in [4.69, 9.17) is 11.6 Å². The van der Waals surface area contributed by atoms with Crippen LogP contribution in [0.2, 0.25) is 5.02 Å². The number of likely N-dealkylation sites (N-methyl/N-ethyl adjacent to an activating group) is 2. The number of carbonyl (C=O) groups excluding carboxylic acids is 2. The number of anilines is 1. The van der Waals surface area contributed by atoms with Crippen molar-refractivity contribution in [3.63, 3.8) is 0 Å². The van der Waals surface area contributed by atoms with Gasteiger partial charge in [-0.15, -0.1) is 0 Å². The van der Waals surface area contributed by atoms with Crippen molar-refractivity contribution < 1.29 is 22.8 Å². The first-order valence-electron chi connectivity index (χ1n) is 6.20. The van der Waals surface area contributed by atoms with Gasteiger partial charge in [-0.25, -0.2) is 0 Å². The summed E-state index contributed by atoms with van der Waals surface area (Å²) in [5.41, 5.74) is -1.08. The predicted octanol–water partition coefficient (Wildman–Crippen LogP) is 1.98. The van der Waals surface area contributed by atoms with Crippen molar-refractivity contribution in [3.05, 3.63) is 28.8 Å². The van der Waals surface area contributed by atoms with E-state index in [9.17, 15) is 22.8 Å². The van der Waals surface area contributed by atoms with E-state index in [1.54, 1.807) is 7.05 Å². The van der Waals surface area contributed by atoms with Gasteiger partial charge >= 0.3 is 6.18 Å². The second-order valence-corrected chi connectivity index (χ2v) is 4.93. The molecule has 1 rings (SSSR count). The van der Waals surface area contributed by atoms with Gasteiger partial charge in [0.2, 0.25) is 11.8 Å². The summed E-state index contributed by atoms with van der Waals surface area (Å²) in [6.07, 6.45) is -4.61. The van der Waals surface area contributed by atoms with Gasteiger partial charge < -0.3 is 15.5 Å². The van der Waals surface area contributed by atoms with Crippen LogP contribution >= 0.6 is 11.6 Å². The Kier molecular flexibility index (Phi) is 6.19. The molecule has 1 aromatic carbocycles. The zero-order chi connectivity index (χ0) is 16.9. The standard InChI is InChI=1S/C13H15ClF3N3O2/c1-18-6-12(22)20(2)7-11(21)19-8-3-4-10(14)9(5-8)13(15,16)17/h3-5,18H,6-7H2,1-2H3,(H,19,21). The van der Waals surface area contributed by atoms with Gasteiger partial charge in [0.05, 0.1) is 23.7 Å². The number of amides is 2. The Morgan fingerprint density at radius 2 is 1.95 bits per heavy atom. The lowest BCUT2D eigenvalue weighted by Crippen LogP contribution is -2.39. The molecule has 5 nitrogen and oxygen atoms in total. The quantitative estimate of drug-likeness (QED) is 0.863. The van der Waals surface area contributed by atoms with Crippen LogP contribution in [0.25, 0.3) is 0 Å². The van der Waals surface area contributed by atoms with Crippen LogP contribution in [0.4, 0.5) is 18.9 Å². The van der Waals surface area contributed by atoms with Crippen LogP contribution in [0, 0.1) is 0 Å². The van der Waals surface area contributed by atoms with Gasteiger partial charge in [-0.3, -0.25) is 9.59 Å². The fourth-order valence-electron chi connectivity index (χ4n) is 1.61. The van der Waals surface area contributed by atoms with E-state index < -0.39 is 22.7 Å². The van der Waals surface area contributed by atoms with E-state index in [2.05, 4.69) is 10.6 Å². The molecule has 9 heteroatoms. The fourth-order valence-corrected chi connectivity index (χ4v) is 1.84. The molecule has 0 aliphatic rings. The third-order valence-electron chi connectivity index (χ3n) is 2.69. The van der Waals surface area contributed by atoms with Crippen LogP contribution in [0.3, 0.4) is 0 Å². The maximum atomic E-state index is 12.7. The Hall–Kier alpha value is -1.80. The number of hydrogen-bond donors (Lipinski definition) is 2. The van der Waals surface area contributed by atoms with Crippen LogP contribution < -0.4 is 10.6 Å². The van der Waals surface area contributed by atoms with E-state index in [-0.39, 0.29) is 24.7 Å². The summed E-state index contributed by atoms with van der Waals surface area (Å²) in [6, 6.07) is 3.05. The van der Waals surface area contributed by atoms with Crippen molar-refractivity contribution in [1.29, 1.82) is 0 Å². The van der Waals surface area contributed by atoms with Gasteiger partial charge in [0, 0.05) is 12.7 Å². The highest BCUT2D eigenvalue weighted by molar-refractivity contribution is 6.31. The Bertz CT molecular complexity index is 564. The topological polar surface area (TPSA) is 61.4 Å². The smallest absolute Gasteiger partial charge is 0.335 e. The molecule has 22 heavy (non-hydrogen) atoms. The van der Waals surface area contributed by atoms with Gasteiger partial charge in [-0.2, -0.15) is 13.2 Å². The number of nitrogens with one attached hydrogen (secondary N) is 2. The molecule has 0 aliphatic heterocycles. The number of benzene rings is 1. The van der Waals surface area contributed by atoms with Crippen LogP contribution in [-0.2, 0) is 15.8 Å². The second-order valence-electron chi connectivity index (χ2n) is 4.52. The zero-order valence-electron chi connectivity index (χ0n) is 11.9. The maximum absolute atomic E-state index is 12.7. The van der Waals surface area contributed by atoms with E-state index in [0.717, 1.165) is 17.0 Å². The van der Waals surface area contributed by atoms with Crippen LogP contribution in [0.1, 0.15) is 5.56 Å². The van der Waals surface area contributed by atoms with Gasteiger partial charge in [0.1, 0.15) is 0 Å². The summed E-state index contributed by atoms with van der Waals surface area (Å²) in [4.78, 5) is 24.4. The summed E-state index contributed by atoms with van der Waals surface area (Å²) < 4.78 is 38.1. The van der Waals surface area contributed by atoms with Gasteiger partial charge in [0.25, 0.3) is 0 Å². The van der Waals surface area contributed by atoms with Crippen molar-refractivity contribution in [2.24, 2.45) is 0 Å². The monoisotopic (exact) mass is 337 g/mol. The molecule has 0 bridgehead atoms. The number of halogens is 4. The third-order valence-corrected chi connectivity index (χ3v) is 3.02. The predicted molar refractivity (Wildman–Crippen MR) is 76.6 cm³/mol. The Balaban J connectivity index is 2.75. The summed E-state index contributed by atoms with van der Waals surface area (Å²) in [5.74, 6) is -0.924. The molecule has 0 saturated carbocycles. The van der Waals surface area contributed by atoms with Gasteiger partial charge in [0.15, 0.2) is 0 Å². The zero-order valence-corrected chi connectivity index (χ0v) is 12.7. The average molecular weight is 338 g/mol. The van der Waals surface area contributed by atoms with Crippen molar-refractivity contribution in [1.82, 2.24) is 10.2 Å². The Labute approximate surface area is 130 Å². The summed E-state index contributed by atoms with van der Waals surface area (Å²) >= 11 is 5.49. The lowest BCUT2D eigenvalue weighted by Gasteiger charge is -2.17. The van der Waals surface area contributed by atoms with Crippen LogP contribution in [0.15, 0.2) is 18.2 Å². The molecule has 0 atom stereocenters. The number of nitrogens with zero attached hydrogens (tertiary/aromatic N) is 1. The first-order valence-corrected chi connectivity index (χ1v) is 6.58. The van der Waals surface area contributed by atoms with Gasteiger partial charge in [-0.05, 0) is 25.2 Å². The van der Waals surface area contributed by atoms with Crippen molar-refractivity contribution in [2.45, 2.75) is 6.18 Å². The van der Waals surface area contributed by atoms with E-state index in [1.807, 2.05) is 0 Å². The minimum absolute atomic E-state index is 0.0452. The largest absolute Gasteiger partial charge is 0.417 e. The highest BCUT2D eigenvalue weighted by Crippen LogP contribution is 2.36. The minimum atomic E-state index is -4.61. The van der Waals surface area contributed by atoms with Crippen molar-refractivity contribution in [3.8, 4) is 0 Å². The first-order chi connectivity index (χ1) is 10.1. The van der Waals surface area contributed by atoms with Crippen LogP contribution in [0.5, 0.6) is 0 Å². The first kappa shape index (κ1) is 18.2. The molecule has 0 fully saturated rings. The van der Waals surface area contributed by atoms with Crippen molar-refractivity contribution in [2.75, 3.05) is 32.5 Å². The fraction of sp³-hybridized carbons (Fsp3) is 0.385. The third kappa shape index (κ3) is 5.19. The minimum Gasteiger partial charge on any atom is -0.335 e. The normalized spacial score (nSPS) is 11.2. The summed E-state index contributed by atoms with van der Waals surface area (Å²) in [6.45, 7) is -0.215. The van der Waals surface area contributed by atoms with E-state index >= 15 is 0 Å². The molecule has 0 saturated heterocycles. The molecule has 0 spiro atoms. The Morgan fingerprint density at radius 3 is 2.50 bits per heavy atom. The van der Waals surface area contributed by atoms with Crippen LogP contribution in [-0.4, -0.2) is 43.9 Å². The number of alkyl halides is 3. The maximum Gasteiger partial charge on any atom is 0.417 e. The van der Waals surface area contributed by atoms with Gasteiger partial charge in [-0.1, -0.05) is 11.6 Å². The molecule has 0 radical (unpaired) electrons. The lowest BCUT2D eigenvalue weighted by molar-refractivity contribution is -0.137.